The van der Waals surface area contributed by atoms with Gasteiger partial charge in [-0.3, -0.25) is 4.79 Å². The average Bonchev–Trinajstić information content (AvgIpc) is 2.54. The lowest BCUT2D eigenvalue weighted by Crippen LogP contribution is -2.45. The van der Waals surface area contributed by atoms with Gasteiger partial charge in [0.15, 0.2) is 0 Å². The summed E-state index contributed by atoms with van der Waals surface area (Å²) in [5.41, 5.74) is 1.63. The highest BCUT2D eigenvalue weighted by Crippen LogP contribution is 2.25. The van der Waals surface area contributed by atoms with E-state index in [4.69, 9.17) is 9.47 Å². The van der Waals surface area contributed by atoms with Crippen molar-refractivity contribution in [3.05, 3.63) is 29.3 Å². The van der Waals surface area contributed by atoms with Crippen molar-refractivity contribution in [1.29, 1.82) is 0 Å². The lowest BCUT2D eigenvalue weighted by atomic mass is 10.0. The monoisotopic (exact) mass is 319 g/mol. The van der Waals surface area contributed by atoms with Gasteiger partial charge in [0.2, 0.25) is 0 Å². The molecule has 1 aromatic carbocycles. The molecule has 4 heteroatoms. The largest absolute Gasteiger partial charge is 0.496 e. The van der Waals surface area contributed by atoms with Gasteiger partial charge in [-0.1, -0.05) is 38.8 Å². The molecule has 0 aromatic heterocycles. The Hall–Kier alpha value is -1.55. The Bertz CT molecular complexity index is 527. The summed E-state index contributed by atoms with van der Waals surface area (Å²) in [6, 6.07) is 5.72. The first-order valence-corrected chi connectivity index (χ1v) is 8.57. The molecule has 1 aliphatic heterocycles. The summed E-state index contributed by atoms with van der Waals surface area (Å²) < 4.78 is 11.2. The van der Waals surface area contributed by atoms with Crippen LogP contribution in [0.15, 0.2) is 18.2 Å². The van der Waals surface area contributed by atoms with Crippen molar-refractivity contribution in [2.75, 3.05) is 26.8 Å². The Labute approximate surface area is 139 Å². The van der Waals surface area contributed by atoms with E-state index in [-0.39, 0.29) is 12.0 Å². The lowest BCUT2D eigenvalue weighted by molar-refractivity contribution is -0.0261. The smallest absolute Gasteiger partial charge is 0.258 e. The SMILES string of the molecule is COc1cccc(C)c1C(=O)N1CCO[C@@H](CCCC(C)C)C1. The van der Waals surface area contributed by atoms with E-state index in [1.165, 1.54) is 6.42 Å². The third-order valence-electron chi connectivity index (χ3n) is 4.40. The minimum absolute atomic E-state index is 0.0529. The fourth-order valence-electron chi connectivity index (χ4n) is 3.08. The third-order valence-corrected chi connectivity index (χ3v) is 4.40. The molecular weight excluding hydrogens is 290 g/mol. The van der Waals surface area contributed by atoms with E-state index in [1.54, 1.807) is 7.11 Å². The van der Waals surface area contributed by atoms with Crippen LogP contribution in [0.1, 0.15) is 49.0 Å². The second-order valence-corrected chi connectivity index (χ2v) is 6.72. The molecule has 128 valence electrons. The van der Waals surface area contributed by atoms with Crippen LogP contribution in [0.5, 0.6) is 5.75 Å². The number of hydrogen-bond acceptors (Lipinski definition) is 3. The van der Waals surface area contributed by atoms with Crippen LogP contribution in [-0.4, -0.2) is 43.7 Å². The van der Waals surface area contributed by atoms with Gasteiger partial charge in [0.05, 0.1) is 25.4 Å². The van der Waals surface area contributed by atoms with Crippen LogP contribution in [0.4, 0.5) is 0 Å². The zero-order valence-electron chi connectivity index (χ0n) is 14.8. The molecule has 0 N–H and O–H groups in total. The van der Waals surface area contributed by atoms with Crippen molar-refractivity contribution in [3.63, 3.8) is 0 Å². The number of methoxy groups -OCH3 is 1. The average molecular weight is 319 g/mol. The second kappa shape index (κ2) is 8.34. The van der Waals surface area contributed by atoms with Crippen molar-refractivity contribution in [2.24, 2.45) is 5.92 Å². The summed E-state index contributed by atoms with van der Waals surface area (Å²) in [5.74, 6) is 1.42. The van der Waals surface area contributed by atoms with Crippen molar-refractivity contribution in [2.45, 2.75) is 46.1 Å². The normalized spacial score (nSPS) is 18.3. The number of benzene rings is 1. The molecule has 1 saturated heterocycles. The van der Waals surface area contributed by atoms with Crippen LogP contribution in [0.2, 0.25) is 0 Å². The number of nitrogens with zero attached hydrogens (tertiary/aromatic N) is 1. The molecule has 1 fully saturated rings. The van der Waals surface area contributed by atoms with Crippen molar-refractivity contribution in [3.8, 4) is 5.75 Å². The molecule has 0 radical (unpaired) electrons. The first kappa shape index (κ1) is 17.8. The van der Waals surface area contributed by atoms with Crippen molar-refractivity contribution in [1.82, 2.24) is 4.90 Å². The zero-order valence-corrected chi connectivity index (χ0v) is 14.8. The molecule has 0 aliphatic carbocycles. The number of carbonyl (C=O) groups is 1. The number of amides is 1. The van der Waals surface area contributed by atoms with Gasteiger partial charge in [-0.05, 0) is 30.9 Å². The predicted octanol–water partition coefficient (Wildman–Crippen LogP) is 3.67. The zero-order chi connectivity index (χ0) is 16.8. The van der Waals surface area contributed by atoms with Crippen LogP contribution >= 0.6 is 0 Å². The van der Waals surface area contributed by atoms with Gasteiger partial charge < -0.3 is 14.4 Å². The Morgan fingerprint density at radius 3 is 2.91 bits per heavy atom. The van der Waals surface area contributed by atoms with E-state index < -0.39 is 0 Å². The third kappa shape index (κ3) is 4.71. The Morgan fingerprint density at radius 2 is 2.22 bits per heavy atom. The molecule has 2 rings (SSSR count). The van der Waals surface area contributed by atoms with Crippen LogP contribution in [-0.2, 0) is 4.74 Å². The number of aryl methyl sites for hydroxylation is 1. The van der Waals surface area contributed by atoms with Gasteiger partial charge in [0.25, 0.3) is 5.91 Å². The molecule has 0 saturated carbocycles. The summed E-state index contributed by atoms with van der Waals surface area (Å²) in [5, 5.41) is 0. The van der Waals surface area contributed by atoms with Gasteiger partial charge in [-0.2, -0.15) is 0 Å². The topological polar surface area (TPSA) is 38.8 Å². The molecule has 1 aliphatic rings. The summed E-state index contributed by atoms with van der Waals surface area (Å²) in [6.45, 7) is 8.37. The van der Waals surface area contributed by atoms with E-state index in [2.05, 4.69) is 13.8 Å². The van der Waals surface area contributed by atoms with Gasteiger partial charge in [-0.15, -0.1) is 0 Å². The summed E-state index contributed by atoms with van der Waals surface area (Å²) in [4.78, 5) is 14.8. The predicted molar refractivity (Wildman–Crippen MR) is 92.1 cm³/mol. The van der Waals surface area contributed by atoms with Gasteiger partial charge in [0, 0.05) is 13.1 Å². The van der Waals surface area contributed by atoms with E-state index in [9.17, 15) is 4.79 Å². The summed E-state index contributed by atoms with van der Waals surface area (Å²) >= 11 is 0. The maximum absolute atomic E-state index is 12.9. The summed E-state index contributed by atoms with van der Waals surface area (Å²) in [7, 11) is 1.61. The Morgan fingerprint density at radius 1 is 1.43 bits per heavy atom. The van der Waals surface area contributed by atoms with Crippen molar-refractivity contribution >= 4 is 5.91 Å². The molecule has 23 heavy (non-hydrogen) atoms. The molecule has 1 atom stereocenters. The van der Waals surface area contributed by atoms with Gasteiger partial charge in [0.1, 0.15) is 5.75 Å². The van der Waals surface area contributed by atoms with Gasteiger partial charge in [-0.25, -0.2) is 0 Å². The fraction of sp³-hybridized carbons (Fsp3) is 0.632. The highest BCUT2D eigenvalue weighted by molar-refractivity contribution is 5.98. The molecule has 1 amide bonds. The fourth-order valence-corrected chi connectivity index (χ4v) is 3.08. The highest BCUT2D eigenvalue weighted by Gasteiger charge is 2.27. The Balaban J connectivity index is 2.02. The number of ether oxygens (including phenoxy) is 2. The standard InChI is InChI=1S/C19H29NO3/c1-14(2)7-5-9-16-13-20(11-12-23-16)19(21)18-15(3)8-6-10-17(18)22-4/h6,8,10,14,16H,5,7,9,11-13H2,1-4H3/t16-/m0/s1. The molecule has 0 unspecified atom stereocenters. The molecule has 1 heterocycles. The second-order valence-electron chi connectivity index (χ2n) is 6.72. The first-order chi connectivity index (χ1) is 11.0. The Kier molecular flexibility index (Phi) is 6.46. The van der Waals surface area contributed by atoms with Crippen LogP contribution < -0.4 is 4.74 Å². The molecule has 4 nitrogen and oxygen atoms in total. The molecule has 0 spiro atoms. The van der Waals surface area contributed by atoms with Crippen LogP contribution in [0.3, 0.4) is 0 Å². The number of rotatable bonds is 6. The number of hydrogen-bond donors (Lipinski definition) is 0. The number of carbonyl (C=O) groups excluding carboxylic acids is 1. The van der Waals surface area contributed by atoms with E-state index in [0.29, 0.717) is 36.9 Å². The van der Waals surface area contributed by atoms with E-state index in [0.717, 1.165) is 18.4 Å². The maximum Gasteiger partial charge on any atom is 0.258 e. The molecule has 0 bridgehead atoms. The quantitative estimate of drug-likeness (QED) is 0.803. The summed E-state index contributed by atoms with van der Waals surface area (Å²) in [6.07, 6.45) is 3.53. The maximum atomic E-state index is 12.9. The van der Waals surface area contributed by atoms with E-state index >= 15 is 0 Å². The first-order valence-electron chi connectivity index (χ1n) is 8.57. The van der Waals surface area contributed by atoms with Crippen molar-refractivity contribution < 1.29 is 14.3 Å². The highest BCUT2D eigenvalue weighted by atomic mass is 16.5. The molecular formula is C19H29NO3. The van der Waals surface area contributed by atoms with Gasteiger partial charge >= 0.3 is 0 Å². The van der Waals surface area contributed by atoms with Crippen LogP contribution in [0, 0.1) is 12.8 Å². The molecule has 1 aromatic rings. The van der Waals surface area contributed by atoms with E-state index in [1.807, 2.05) is 30.0 Å². The minimum Gasteiger partial charge on any atom is -0.496 e. The minimum atomic E-state index is 0.0529. The lowest BCUT2D eigenvalue weighted by Gasteiger charge is -2.33. The van der Waals surface area contributed by atoms with Crippen LogP contribution in [0.25, 0.3) is 0 Å². The number of morpholine rings is 1.